The maximum Gasteiger partial charge on any atom is 0.0705 e. The number of rotatable bonds is 4. The topological polar surface area (TPSA) is 50.9 Å². The van der Waals surface area contributed by atoms with Crippen molar-refractivity contribution in [2.75, 3.05) is 0 Å². The SMILES string of the molecule is NNC(Cc1ccsc1)c1cccc2ncccc12. The lowest BCUT2D eigenvalue weighted by Crippen LogP contribution is -2.29. The molecule has 96 valence electrons. The van der Waals surface area contributed by atoms with E-state index in [1.165, 1.54) is 11.1 Å². The molecule has 3 nitrogen and oxygen atoms in total. The minimum atomic E-state index is 0.0995. The Morgan fingerprint density at radius 2 is 2.16 bits per heavy atom. The molecule has 1 aromatic carbocycles. The van der Waals surface area contributed by atoms with Crippen molar-refractivity contribution in [2.45, 2.75) is 12.5 Å². The van der Waals surface area contributed by atoms with E-state index in [0.717, 1.165) is 17.3 Å². The summed E-state index contributed by atoms with van der Waals surface area (Å²) < 4.78 is 0. The summed E-state index contributed by atoms with van der Waals surface area (Å²) in [5.74, 6) is 5.75. The van der Waals surface area contributed by atoms with Gasteiger partial charge in [-0.1, -0.05) is 18.2 Å². The average Bonchev–Trinajstić information content (AvgIpc) is 2.97. The van der Waals surface area contributed by atoms with Crippen LogP contribution in [-0.2, 0) is 6.42 Å². The molecule has 1 atom stereocenters. The highest BCUT2D eigenvalue weighted by Crippen LogP contribution is 2.25. The predicted octanol–water partition coefficient (Wildman–Crippen LogP) is 3.04. The number of nitrogens with zero attached hydrogens (tertiary/aromatic N) is 1. The number of hydrogen-bond acceptors (Lipinski definition) is 4. The van der Waals surface area contributed by atoms with E-state index in [9.17, 15) is 0 Å². The highest BCUT2D eigenvalue weighted by molar-refractivity contribution is 7.07. The van der Waals surface area contributed by atoms with Gasteiger partial charge in [0, 0.05) is 11.6 Å². The predicted molar refractivity (Wildman–Crippen MR) is 79.8 cm³/mol. The van der Waals surface area contributed by atoms with Gasteiger partial charge in [0.2, 0.25) is 0 Å². The second kappa shape index (κ2) is 5.48. The molecule has 0 aliphatic carbocycles. The Kier molecular flexibility index (Phi) is 3.55. The van der Waals surface area contributed by atoms with E-state index in [1.54, 1.807) is 11.3 Å². The maximum absolute atomic E-state index is 5.75. The second-order valence-electron chi connectivity index (χ2n) is 4.47. The number of aromatic nitrogens is 1. The summed E-state index contributed by atoms with van der Waals surface area (Å²) in [6.45, 7) is 0. The van der Waals surface area contributed by atoms with E-state index in [-0.39, 0.29) is 6.04 Å². The Morgan fingerprint density at radius 3 is 2.95 bits per heavy atom. The first-order valence-electron chi connectivity index (χ1n) is 6.19. The lowest BCUT2D eigenvalue weighted by atomic mass is 9.97. The largest absolute Gasteiger partial charge is 0.271 e. The number of benzene rings is 1. The van der Waals surface area contributed by atoms with Crippen molar-refractivity contribution < 1.29 is 0 Å². The normalized spacial score (nSPS) is 12.7. The van der Waals surface area contributed by atoms with Gasteiger partial charge in [-0.15, -0.1) is 0 Å². The maximum atomic E-state index is 5.75. The van der Waals surface area contributed by atoms with E-state index in [2.05, 4.69) is 39.4 Å². The fourth-order valence-corrected chi connectivity index (χ4v) is 3.02. The minimum absolute atomic E-state index is 0.0995. The van der Waals surface area contributed by atoms with Crippen molar-refractivity contribution >= 4 is 22.2 Å². The molecule has 3 aromatic rings. The first-order chi connectivity index (χ1) is 9.38. The summed E-state index contributed by atoms with van der Waals surface area (Å²) in [7, 11) is 0. The Morgan fingerprint density at radius 1 is 1.21 bits per heavy atom. The van der Waals surface area contributed by atoms with Crippen LogP contribution in [0, 0.1) is 0 Å². The molecular formula is C15H15N3S. The van der Waals surface area contributed by atoms with Crippen LogP contribution in [0.2, 0.25) is 0 Å². The zero-order valence-electron chi connectivity index (χ0n) is 10.4. The number of fused-ring (bicyclic) bond motifs is 1. The van der Waals surface area contributed by atoms with Gasteiger partial charge in [0.1, 0.15) is 0 Å². The first kappa shape index (κ1) is 12.3. The molecule has 0 aliphatic rings. The standard InChI is InChI=1S/C15H15N3S/c16-18-15(9-11-6-8-19-10-11)13-3-1-5-14-12(13)4-2-7-17-14/h1-8,10,15,18H,9,16H2. The third-order valence-electron chi connectivity index (χ3n) is 3.28. The molecule has 3 rings (SSSR count). The molecule has 1 unspecified atom stereocenters. The molecule has 0 bridgehead atoms. The average molecular weight is 269 g/mol. The molecule has 0 radical (unpaired) electrons. The zero-order valence-corrected chi connectivity index (χ0v) is 11.2. The number of nitrogens with one attached hydrogen (secondary N) is 1. The lowest BCUT2D eigenvalue weighted by molar-refractivity contribution is 0.556. The molecular weight excluding hydrogens is 254 g/mol. The van der Waals surface area contributed by atoms with E-state index in [4.69, 9.17) is 5.84 Å². The van der Waals surface area contributed by atoms with Crippen molar-refractivity contribution in [2.24, 2.45) is 5.84 Å². The summed E-state index contributed by atoms with van der Waals surface area (Å²) in [6.07, 6.45) is 2.70. The van der Waals surface area contributed by atoms with Gasteiger partial charge in [-0.25, -0.2) is 0 Å². The molecule has 0 amide bonds. The van der Waals surface area contributed by atoms with E-state index in [0.29, 0.717) is 0 Å². The Bertz CT molecular complexity index is 659. The summed E-state index contributed by atoms with van der Waals surface area (Å²) in [5, 5.41) is 5.41. The summed E-state index contributed by atoms with van der Waals surface area (Å²) in [5.41, 5.74) is 6.42. The quantitative estimate of drug-likeness (QED) is 0.565. The molecule has 4 heteroatoms. The lowest BCUT2D eigenvalue weighted by Gasteiger charge is -2.17. The number of hydrogen-bond donors (Lipinski definition) is 2. The highest BCUT2D eigenvalue weighted by Gasteiger charge is 2.13. The third-order valence-corrected chi connectivity index (χ3v) is 4.01. The molecule has 0 spiro atoms. The number of hydrazine groups is 1. The summed E-state index contributed by atoms with van der Waals surface area (Å²) >= 11 is 1.71. The van der Waals surface area contributed by atoms with Gasteiger partial charge < -0.3 is 0 Å². The van der Waals surface area contributed by atoms with Gasteiger partial charge in [0.05, 0.1) is 11.6 Å². The fraction of sp³-hybridized carbons (Fsp3) is 0.133. The molecule has 0 aliphatic heterocycles. The minimum Gasteiger partial charge on any atom is -0.271 e. The van der Waals surface area contributed by atoms with Crippen molar-refractivity contribution in [1.82, 2.24) is 10.4 Å². The number of thiophene rings is 1. The Balaban J connectivity index is 2.01. The van der Waals surface area contributed by atoms with Gasteiger partial charge in [-0.2, -0.15) is 11.3 Å². The van der Waals surface area contributed by atoms with Crippen LogP contribution in [-0.4, -0.2) is 4.98 Å². The van der Waals surface area contributed by atoms with Gasteiger partial charge in [0.25, 0.3) is 0 Å². The van der Waals surface area contributed by atoms with Gasteiger partial charge in [-0.3, -0.25) is 16.3 Å². The summed E-state index contributed by atoms with van der Waals surface area (Å²) in [4.78, 5) is 4.39. The van der Waals surface area contributed by atoms with Crippen LogP contribution in [0.25, 0.3) is 10.9 Å². The van der Waals surface area contributed by atoms with E-state index >= 15 is 0 Å². The second-order valence-corrected chi connectivity index (χ2v) is 5.25. The molecule has 2 aromatic heterocycles. The van der Waals surface area contributed by atoms with Gasteiger partial charge in [-0.05, 0) is 46.5 Å². The Hall–Kier alpha value is -1.75. The summed E-state index contributed by atoms with van der Waals surface area (Å²) in [6, 6.07) is 12.5. The third kappa shape index (κ3) is 2.51. The van der Waals surface area contributed by atoms with Crippen LogP contribution in [0.15, 0.2) is 53.4 Å². The molecule has 0 fully saturated rings. The van der Waals surface area contributed by atoms with Crippen LogP contribution in [0.4, 0.5) is 0 Å². The molecule has 3 N–H and O–H groups in total. The molecule has 2 heterocycles. The zero-order chi connectivity index (χ0) is 13.1. The van der Waals surface area contributed by atoms with Gasteiger partial charge in [0.15, 0.2) is 0 Å². The first-order valence-corrected chi connectivity index (χ1v) is 7.13. The van der Waals surface area contributed by atoms with Crippen LogP contribution in [0.5, 0.6) is 0 Å². The van der Waals surface area contributed by atoms with E-state index < -0.39 is 0 Å². The van der Waals surface area contributed by atoms with Crippen LogP contribution >= 0.6 is 11.3 Å². The van der Waals surface area contributed by atoms with E-state index in [1.807, 2.05) is 24.4 Å². The van der Waals surface area contributed by atoms with Gasteiger partial charge >= 0.3 is 0 Å². The monoisotopic (exact) mass is 269 g/mol. The van der Waals surface area contributed by atoms with Crippen LogP contribution in [0.3, 0.4) is 0 Å². The van der Waals surface area contributed by atoms with Crippen molar-refractivity contribution in [3.05, 3.63) is 64.5 Å². The Labute approximate surface area is 116 Å². The highest BCUT2D eigenvalue weighted by atomic mass is 32.1. The molecule has 0 saturated carbocycles. The van der Waals surface area contributed by atoms with Crippen molar-refractivity contribution in [3.8, 4) is 0 Å². The molecule has 0 saturated heterocycles. The smallest absolute Gasteiger partial charge is 0.0705 e. The fourth-order valence-electron chi connectivity index (χ4n) is 2.33. The number of nitrogens with two attached hydrogens (primary N) is 1. The molecule has 19 heavy (non-hydrogen) atoms. The van der Waals surface area contributed by atoms with Crippen molar-refractivity contribution in [3.63, 3.8) is 0 Å². The van der Waals surface area contributed by atoms with Crippen LogP contribution < -0.4 is 11.3 Å². The number of pyridine rings is 1. The van der Waals surface area contributed by atoms with Crippen molar-refractivity contribution in [1.29, 1.82) is 0 Å². The van der Waals surface area contributed by atoms with Crippen LogP contribution in [0.1, 0.15) is 17.2 Å².